The number of β-amino-alcohol motifs (C(OH)–C–C–N with tert-alkyl or cyclic N) is 1. The van der Waals surface area contributed by atoms with Crippen LogP contribution in [0.3, 0.4) is 0 Å². The summed E-state index contributed by atoms with van der Waals surface area (Å²) in [6, 6.07) is 0.392. The molecule has 2 aliphatic heterocycles. The molecule has 2 rings (SSSR count). The maximum Gasteiger partial charge on any atom is 0.236 e. The summed E-state index contributed by atoms with van der Waals surface area (Å²) in [5.74, 6) is 0.279. The first-order valence-corrected chi connectivity index (χ1v) is 9.49. The molecule has 0 aromatic carbocycles. The van der Waals surface area contributed by atoms with Gasteiger partial charge in [0.25, 0.3) is 0 Å². The number of rotatable bonds is 7. The van der Waals surface area contributed by atoms with Crippen LogP contribution in [-0.4, -0.2) is 96.4 Å². The van der Waals surface area contributed by atoms with Gasteiger partial charge >= 0.3 is 0 Å². The molecule has 2 atom stereocenters. The number of amides is 1. The molecule has 0 bridgehead atoms. The first-order chi connectivity index (χ1) is 11.5. The van der Waals surface area contributed by atoms with Gasteiger partial charge in [0.1, 0.15) is 0 Å². The Morgan fingerprint density at radius 2 is 1.79 bits per heavy atom. The number of likely N-dealkylation sites (tertiary alicyclic amines) is 1. The second kappa shape index (κ2) is 9.70. The molecular formula is C18H35N3O3. The lowest BCUT2D eigenvalue weighted by Crippen LogP contribution is -2.53. The van der Waals surface area contributed by atoms with Crippen molar-refractivity contribution in [2.45, 2.75) is 58.3 Å². The Morgan fingerprint density at radius 1 is 1.12 bits per heavy atom. The minimum absolute atomic E-state index is 0.152. The third-order valence-electron chi connectivity index (χ3n) is 5.04. The molecule has 2 aliphatic rings. The smallest absolute Gasteiger partial charge is 0.236 e. The van der Waals surface area contributed by atoms with Crippen LogP contribution in [0.25, 0.3) is 0 Å². The van der Waals surface area contributed by atoms with E-state index < -0.39 is 6.10 Å². The second-order valence-corrected chi connectivity index (χ2v) is 7.54. The van der Waals surface area contributed by atoms with Crippen molar-refractivity contribution in [3.8, 4) is 0 Å². The maximum absolute atomic E-state index is 12.5. The highest BCUT2D eigenvalue weighted by Crippen LogP contribution is 2.17. The van der Waals surface area contributed by atoms with E-state index in [2.05, 4.69) is 21.6 Å². The summed E-state index contributed by atoms with van der Waals surface area (Å²) in [6.07, 6.45) is 3.23. The number of aliphatic hydroxyl groups is 1. The third-order valence-corrected chi connectivity index (χ3v) is 5.04. The molecule has 0 aliphatic carbocycles. The lowest BCUT2D eigenvalue weighted by molar-refractivity contribution is -0.136. The number of carbonyl (C=O) groups excluding carboxylic acids is 1. The van der Waals surface area contributed by atoms with Crippen molar-refractivity contribution in [1.82, 2.24) is 14.7 Å². The number of hydrogen-bond acceptors (Lipinski definition) is 5. The first-order valence-electron chi connectivity index (χ1n) is 9.49. The van der Waals surface area contributed by atoms with Crippen LogP contribution in [0.15, 0.2) is 0 Å². The van der Waals surface area contributed by atoms with E-state index in [0.29, 0.717) is 25.7 Å². The number of piperazine rings is 1. The standard InChI is InChI=1S/C18H35N3O3/c1-15(2)24-14-17(22)12-19-8-10-20(11-9-19)13-18(23)21-7-5-4-6-16(21)3/h15-17,22H,4-14H2,1-3H3. The fraction of sp³-hybridized carbons (Fsp3) is 0.944. The van der Waals surface area contributed by atoms with E-state index in [4.69, 9.17) is 4.74 Å². The summed E-state index contributed by atoms with van der Waals surface area (Å²) in [7, 11) is 0. The molecule has 0 aromatic rings. The number of aliphatic hydroxyl groups excluding tert-OH is 1. The highest BCUT2D eigenvalue weighted by molar-refractivity contribution is 5.78. The van der Waals surface area contributed by atoms with E-state index in [1.54, 1.807) is 0 Å². The van der Waals surface area contributed by atoms with Crippen LogP contribution >= 0.6 is 0 Å². The Bertz CT molecular complexity index is 384. The van der Waals surface area contributed by atoms with E-state index in [0.717, 1.165) is 45.6 Å². The largest absolute Gasteiger partial charge is 0.389 e. The normalized spacial score (nSPS) is 25.2. The van der Waals surface area contributed by atoms with Crippen molar-refractivity contribution >= 4 is 5.91 Å². The zero-order chi connectivity index (χ0) is 17.5. The van der Waals surface area contributed by atoms with Gasteiger partial charge in [-0.2, -0.15) is 0 Å². The van der Waals surface area contributed by atoms with Gasteiger partial charge in [0.2, 0.25) is 5.91 Å². The predicted octanol–water partition coefficient (Wildman–Crippen LogP) is 0.791. The highest BCUT2D eigenvalue weighted by atomic mass is 16.5. The van der Waals surface area contributed by atoms with Crippen LogP contribution in [-0.2, 0) is 9.53 Å². The molecule has 0 saturated carbocycles. The Labute approximate surface area is 146 Å². The average Bonchev–Trinajstić information content (AvgIpc) is 2.55. The van der Waals surface area contributed by atoms with Crippen LogP contribution in [0.4, 0.5) is 0 Å². The average molecular weight is 341 g/mol. The molecule has 24 heavy (non-hydrogen) atoms. The maximum atomic E-state index is 12.5. The molecule has 6 nitrogen and oxygen atoms in total. The van der Waals surface area contributed by atoms with Crippen molar-refractivity contribution < 1.29 is 14.6 Å². The topological polar surface area (TPSA) is 56.3 Å². The molecule has 140 valence electrons. The molecule has 2 heterocycles. The number of carbonyl (C=O) groups is 1. The molecule has 2 saturated heterocycles. The highest BCUT2D eigenvalue weighted by Gasteiger charge is 2.26. The van der Waals surface area contributed by atoms with Crippen LogP contribution in [0.1, 0.15) is 40.0 Å². The van der Waals surface area contributed by atoms with Gasteiger partial charge in [-0.15, -0.1) is 0 Å². The second-order valence-electron chi connectivity index (χ2n) is 7.54. The summed E-state index contributed by atoms with van der Waals surface area (Å²) in [6.45, 7) is 12.2. The summed E-state index contributed by atoms with van der Waals surface area (Å²) in [5, 5.41) is 10.0. The predicted molar refractivity (Wildman–Crippen MR) is 95.0 cm³/mol. The van der Waals surface area contributed by atoms with E-state index in [9.17, 15) is 9.90 Å². The summed E-state index contributed by atoms with van der Waals surface area (Å²) >= 11 is 0. The van der Waals surface area contributed by atoms with E-state index in [-0.39, 0.29) is 12.0 Å². The Morgan fingerprint density at radius 3 is 2.42 bits per heavy atom. The number of ether oxygens (including phenoxy) is 1. The van der Waals surface area contributed by atoms with Crippen molar-refractivity contribution in [3.63, 3.8) is 0 Å². The third kappa shape index (κ3) is 6.31. The van der Waals surface area contributed by atoms with E-state index in [1.165, 1.54) is 6.42 Å². The van der Waals surface area contributed by atoms with Crippen LogP contribution in [0, 0.1) is 0 Å². The number of hydrogen-bond donors (Lipinski definition) is 1. The number of nitrogens with zero attached hydrogens (tertiary/aromatic N) is 3. The van der Waals surface area contributed by atoms with Crippen LogP contribution < -0.4 is 0 Å². The molecule has 1 N–H and O–H groups in total. The van der Waals surface area contributed by atoms with E-state index >= 15 is 0 Å². The molecule has 0 radical (unpaired) electrons. The van der Waals surface area contributed by atoms with Crippen molar-refractivity contribution in [1.29, 1.82) is 0 Å². The lowest BCUT2D eigenvalue weighted by atomic mass is 10.0. The van der Waals surface area contributed by atoms with Gasteiger partial charge in [-0.3, -0.25) is 14.6 Å². The van der Waals surface area contributed by atoms with Gasteiger partial charge in [0, 0.05) is 45.3 Å². The molecule has 0 spiro atoms. The van der Waals surface area contributed by atoms with Crippen LogP contribution in [0.2, 0.25) is 0 Å². The van der Waals surface area contributed by atoms with E-state index in [1.807, 2.05) is 13.8 Å². The summed E-state index contributed by atoms with van der Waals surface area (Å²) in [4.78, 5) is 19.1. The van der Waals surface area contributed by atoms with Gasteiger partial charge in [-0.1, -0.05) is 0 Å². The molecule has 1 amide bonds. The zero-order valence-corrected chi connectivity index (χ0v) is 15.6. The van der Waals surface area contributed by atoms with Crippen molar-refractivity contribution in [2.24, 2.45) is 0 Å². The first kappa shape index (κ1) is 19.6. The van der Waals surface area contributed by atoms with Gasteiger partial charge in [0.05, 0.1) is 25.4 Å². The summed E-state index contributed by atoms with van der Waals surface area (Å²) < 4.78 is 5.46. The van der Waals surface area contributed by atoms with Gasteiger partial charge < -0.3 is 14.7 Å². The van der Waals surface area contributed by atoms with Crippen LogP contribution in [0.5, 0.6) is 0 Å². The monoisotopic (exact) mass is 341 g/mol. The van der Waals surface area contributed by atoms with Gasteiger partial charge in [-0.05, 0) is 40.0 Å². The Kier molecular flexibility index (Phi) is 7.94. The minimum Gasteiger partial charge on any atom is -0.389 e. The molecule has 6 heteroatoms. The molecule has 2 unspecified atom stereocenters. The molecular weight excluding hydrogens is 306 g/mol. The Balaban J connectivity index is 1.66. The molecule has 0 aromatic heterocycles. The van der Waals surface area contributed by atoms with Gasteiger partial charge in [0.15, 0.2) is 0 Å². The zero-order valence-electron chi connectivity index (χ0n) is 15.6. The summed E-state index contributed by atoms with van der Waals surface area (Å²) in [5.41, 5.74) is 0. The Hall–Kier alpha value is -0.690. The van der Waals surface area contributed by atoms with Gasteiger partial charge in [-0.25, -0.2) is 0 Å². The fourth-order valence-corrected chi connectivity index (χ4v) is 3.53. The molecule has 2 fully saturated rings. The van der Waals surface area contributed by atoms with Crippen molar-refractivity contribution in [2.75, 3.05) is 52.4 Å². The quantitative estimate of drug-likeness (QED) is 0.742. The number of piperidine rings is 1. The SMILES string of the molecule is CC(C)OCC(O)CN1CCN(CC(=O)N2CCCCC2C)CC1. The fourth-order valence-electron chi connectivity index (χ4n) is 3.53. The lowest BCUT2D eigenvalue weighted by Gasteiger charge is -2.38. The minimum atomic E-state index is -0.435. The van der Waals surface area contributed by atoms with Crippen molar-refractivity contribution in [3.05, 3.63) is 0 Å².